The van der Waals surface area contributed by atoms with Gasteiger partial charge in [-0.1, -0.05) is 77.6 Å². The second-order valence-electron chi connectivity index (χ2n) is 6.00. The predicted octanol–water partition coefficient (Wildman–Crippen LogP) is 6.70. The Hall–Kier alpha value is 0.290. The van der Waals surface area contributed by atoms with Crippen molar-refractivity contribution >= 4 is 11.6 Å². The van der Waals surface area contributed by atoms with Crippen molar-refractivity contribution in [2.45, 2.75) is 103 Å². The molecule has 0 aliphatic rings. The first-order chi connectivity index (χ1) is 8.06. The Labute approximate surface area is 115 Å². The van der Waals surface area contributed by atoms with Crippen molar-refractivity contribution in [3.8, 4) is 0 Å². The van der Waals surface area contributed by atoms with E-state index in [4.69, 9.17) is 11.6 Å². The molecule has 0 bridgehead atoms. The topological polar surface area (TPSA) is 0 Å². The molecule has 104 valence electrons. The van der Waals surface area contributed by atoms with Crippen LogP contribution in [0.5, 0.6) is 0 Å². The molecular formula is C16H33Cl. The smallest absolute Gasteiger partial charge is 0.0390 e. The summed E-state index contributed by atoms with van der Waals surface area (Å²) in [6.07, 6.45) is 16.7. The van der Waals surface area contributed by atoms with Crippen LogP contribution < -0.4 is 0 Å². The summed E-state index contributed by atoms with van der Waals surface area (Å²) in [7, 11) is 0. The van der Waals surface area contributed by atoms with Gasteiger partial charge in [0.2, 0.25) is 0 Å². The molecule has 0 heterocycles. The Morgan fingerprint density at radius 2 is 1.00 bits per heavy atom. The molecule has 0 fully saturated rings. The molecule has 0 aromatic heterocycles. The molecule has 0 spiro atoms. The molecule has 0 saturated carbocycles. The third kappa shape index (κ3) is 16.3. The highest BCUT2D eigenvalue weighted by atomic mass is 35.5. The van der Waals surface area contributed by atoms with E-state index < -0.39 is 0 Å². The predicted molar refractivity (Wildman–Crippen MR) is 81.0 cm³/mol. The highest BCUT2D eigenvalue weighted by Crippen LogP contribution is 2.21. The number of halogens is 1. The molecule has 0 rings (SSSR count). The molecular weight excluding hydrogens is 228 g/mol. The zero-order valence-corrected chi connectivity index (χ0v) is 13.1. The van der Waals surface area contributed by atoms with Crippen LogP contribution in [0.15, 0.2) is 0 Å². The van der Waals surface area contributed by atoms with E-state index in [2.05, 4.69) is 20.8 Å². The van der Waals surface area contributed by atoms with Crippen LogP contribution in [0.2, 0.25) is 0 Å². The average molecular weight is 261 g/mol. The summed E-state index contributed by atoms with van der Waals surface area (Å²) in [5.74, 6) is 0. The fraction of sp³-hybridized carbons (Fsp3) is 1.00. The first-order valence-corrected chi connectivity index (χ1v) is 8.13. The van der Waals surface area contributed by atoms with Crippen molar-refractivity contribution in [1.29, 1.82) is 0 Å². The Balaban J connectivity index is 2.99. The summed E-state index contributed by atoms with van der Waals surface area (Å²) in [6, 6.07) is 0. The van der Waals surface area contributed by atoms with Gasteiger partial charge < -0.3 is 0 Å². The van der Waals surface area contributed by atoms with E-state index in [1.54, 1.807) is 0 Å². The van der Waals surface area contributed by atoms with Gasteiger partial charge in [-0.05, 0) is 20.3 Å². The van der Waals surface area contributed by atoms with Crippen LogP contribution in [0.3, 0.4) is 0 Å². The van der Waals surface area contributed by atoms with Crippen LogP contribution >= 0.6 is 11.6 Å². The summed E-state index contributed by atoms with van der Waals surface area (Å²) in [5.41, 5.74) is 0. The Kier molecular flexibility index (Phi) is 11.6. The molecule has 1 heteroatoms. The van der Waals surface area contributed by atoms with Gasteiger partial charge >= 0.3 is 0 Å². The molecule has 0 nitrogen and oxygen atoms in total. The fourth-order valence-corrected chi connectivity index (χ4v) is 2.34. The maximum atomic E-state index is 6.16. The van der Waals surface area contributed by atoms with Crippen LogP contribution in [-0.2, 0) is 0 Å². The third-order valence-corrected chi connectivity index (χ3v) is 3.56. The molecule has 0 N–H and O–H groups in total. The number of rotatable bonds is 12. The van der Waals surface area contributed by atoms with E-state index in [9.17, 15) is 0 Å². The maximum absolute atomic E-state index is 6.16. The molecule has 0 amide bonds. The van der Waals surface area contributed by atoms with Gasteiger partial charge in [0.05, 0.1) is 0 Å². The quantitative estimate of drug-likeness (QED) is 0.270. The van der Waals surface area contributed by atoms with Crippen molar-refractivity contribution in [2.24, 2.45) is 0 Å². The highest BCUT2D eigenvalue weighted by molar-refractivity contribution is 6.23. The molecule has 0 atom stereocenters. The molecule has 0 saturated heterocycles. The third-order valence-electron chi connectivity index (χ3n) is 3.37. The maximum Gasteiger partial charge on any atom is 0.0390 e. The van der Waals surface area contributed by atoms with Gasteiger partial charge in [0.1, 0.15) is 0 Å². The van der Waals surface area contributed by atoms with Gasteiger partial charge in [-0.15, -0.1) is 11.6 Å². The van der Waals surface area contributed by atoms with Crippen LogP contribution in [0.25, 0.3) is 0 Å². The molecule has 0 unspecified atom stereocenters. The Morgan fingerprint density at radius 1 is 0.647 bits per heavy atom. The SMILES string of the molecule is CCCCCCCCCCCCCC(C)(C)Cl. The van der Waals surface area contributed by atoms with E-state index >= 15 is 0 Å². The van der Waals surface area contributed by atoms with E-state index in [0.717, 1.165) is 6.42 Å². The minimum absolute atomic E-state index is 0.0132. The Bertz CT molecular complexity index is 146. The molecule has 0 aromatic carbocycles. The highest BCUT2D eigenvalue weighted by Gasteiger charge is 2.11. The van der Waals surface area contributed by atoms with Gasteiger partial charge in [0, 0.05) is 4.87 Å². The van der Waals surface area contributed by atoms with Crippen molar-refractivity contribution in [2.75, 3.05) is 0 Å². The summed E-state index contributed by atoms with van der Waals surface area (Å²) < 4.78 is 0. The normalized spacial score (nSPS) is 12.0. The summed E-state index contributed by atoms with van der Waals surface area (Å²) >= 11 is 6.16. The van der Waals surface area contributed by atoms with Crippen molar-refractivity contribution < 1.29 is 0 Å². The van der Waals surface area contributed by atoms with E-state index in [-0.39, 0.29) is 4.87 Å². The van der Waals surface area contributed by atoms with Crippen LogP contribution in [0.4, 0.5) is 0 Å². The lowest BCUT2D eigenvalue weighted by Gasteiger charge is -2.14. The Morgan fingerprint density at radius 3 is 1.35 bits per heavy atom. The number of hydrogen-bond acceptors (Lipinski definition) is 0. The molecule has 0 aromatic rings. The molecule has 17 heavy (non-hydrogen) atoms. The average Bonchev–Trinajstić information content (AvgIpc) is 2.24. The minimum Gasteiger partial charge on any atom is -0.120 e. The van der Waals surface area contributed by atoms with Crippen molar-refractivity contribution in [1.82, 2.24) is 0 Å². The van der Waals surface area contributed by atoms with Crippen molar-refractivity contribution in [3.63, 3.8) is 0 Å². The first kappa shape index (κ1) is 17.3. The lowest BCUT2D eigenvalue weighted by Crippen LogP contribution is -2.08. The zero-order valence-electron chi connectivity index (χ0n) is 12.4. The van der Waals surface area contributed by atoms with E-state index in [1.807, 2.05) is 0 Å². The summed E-state index contributed by atoms with van der Waals surface area (Å²) in [5, 5.41) is 0. The van der Waals surface area contributed by atoms with Crippen LogP contribution in [0, 0.1) is 0 Å². The number of unbranched alkanes of at least 4 members (excludes halogenated alkanes) is 10. The summed E-state index contributed by atoms with van der Waals surface area (Å²) in [6.45, 7) is 6.51. The largest absolute Gasteiger partial charge is 0.120 e. The fourth-order valence-electron chi connectivity index (χ4n) is 2.21. The van der Waals surface area contributed by atoms with Gasteiger partial charge in [0.15, 0.2) is 0 Å². The van der Waals surface area contributed by atoms with E-state index in [0.29, 0.717) is 0 Å². The van der Waals surface area contributed by atoms with Gasteiger partial charge in [-0.2, -0.15) is 0 Å². The minimum atomic E-state index is 0.0132. The van der Waals surface area contributed by atoms with Crippen LogP contribution in [0.1, 0.15) is 97.8 Å². The molecule has 0 aliphatic carbocycles. The lowest BCUT2D eigenvalue weighted by molar-refractivity contribution is 0.520. The number of alkyl halides is 1. The van der Waals surface area contributed by atoms with Crippen LogP contribution in [-0.4, -0.2) is 4.87 Å². The van der Waals surface area contributed by atoms with Gasteiger partial charge in [0.25, 0.3) is 0 Å². The lowest BCUT2D eigenvalue weighted by atomic mass is 10.0. The molecule has 0 radical (unpaired) electrons. The number of hydrogen-bond donors (Lipinski definition) is 0. The second-order valence-corrected chi connectivity index (χ2v) is 7.03. The van der Waals surface area contributed by atoms with Gasteiger partial charge in [-0.25, -0.2) is 0 Å². The van der Waals surface area contributed by atoms with Gasteiger partial charge in [-0.3, -0.25) is 0 Å². The summed E-state index contributed by atoms with van der Waals surface area (Å²) in [4.78, 5) is 0.0132. The van der Waals surface area contributed by atoms with E-state index in [1.165, 1.54) is 70.6 Å². The van der Waals surface area contributed by atoms with Crippen molar-refractivity contribution in [3.05, 3.63) is 0 Å². The first-order valence-electron chi connectivity index (χ1n) is 7.75. The monoisotopic (exact) mass is 260 g/mol. The standard InChI is InChI=1S/C16H33Cl/c1-4-5-6-7-8-9-10-11-12-13-14-15-16(2,3)17/h4-15H2,1-3H3. The molecule has 0 aliphatic heterocycles. The second kappa shape index (κ2) is 11.4. The zero-order chi connectivity index (χ0) is 13.0.